The highest BCUT2D eigenvalue weighted by atomic mass is 35.5. The van der Waals surface area contributed by atoms with E-state index in [-0.39, 0.29) is 31.9 Å². The van der Waals surface area contributed by atoms with E-state index in [1.807, 2.05) is 6.08 Å². The van der Waals surface area contributed by atoms with Crippen LogP contribution in [0, 0.1) is 11.8 Å². The predicted octanol–water partition coefficient (Wildman–Crippen LogP) is 3.46. The van der Waals surface area contributed by atoms with E-state index in [9.17, 15) is 18.7 Å². The molecule has 26 heavy (non-hydrogen) atoms. The molecule has 0 radical (unpaired) electrons. The number of ether oxygens (including phenoxy) is 1. The van der Waals surface area contributed by atoms with Gasteiger partial charge in [-0.25, -0.2) is 23.5 Å². The summed E-state index contributed by atoms with van der Waals surface area (Å²) in [6.07, 6.45) is 8.08. The van der Waals surface area contributed by atoms with Crippen molar-refractivity contribution in [2.24, 2.45) is 11.8 Å². The van der Waals surface area contributed by atoms with Crippen molar-refractivity contribution in [2.45, 2.75) is 56.7 Å². The molecule has 1 heterocycles. The normalized spacial score (nSPS) is 26.6. The molecule has 0 spiro atoms. The molecule has 3 atom stereocenters. The number of esters is 1. The number of hydrogen-bond donors (Lipinski definition) is 1. The summed E-state index contributed by atoms with van der Waals surface area (Å²) in [5.74, 6) is -5.00. The molecule has 8 heteroatoms. The third kappa shape index (κ3) is 4.38. The second-order valence-corrected chi connectivity index (χ2v) is 6.86. The van der Waals surface area contributed by atoms with Crippen LogP contribution in [0.2, 0.25) is 0 Å². The van der Waals surface area contributed by atoms with Crippen LogP contribution >= 0.6 is 12.4 Å². The number of hydrogen-bond acceptors (Lipinski definition) is 5. The van der Waals surface area contributed by atoms with Gasteiger partial charge in [0.2, 0.25) is 5.92 Å². The summed E-state index contributed by atoms with van der Waals surface area (Å²) in [6, 6.07) is 1.59. The molecule has 2 aliphatic carbocycles. The van der Waals surface area contributed by atoms with E-state index in [1.165, 1.54) is 12.5 Å². The van der Waals surface area contributed by atoms with E-state index in [0.29, 0.717) is 12.1 Å². The first-order chi connectivity index (χ1) is 11.9. The third-order valence-corrected chi connectivity index (χ3v) is 5.17. The van der Waals surface area contributed by atoms with Crippen molar-refractivity contribution in [1.29, 1.82) is 0 Å². The number of alkyl halides is 2. The summed E-state index contributed by atoms with van der Waals surface area (Å²) in [7, 11) is 0. The minimum atomic E-state index is -2.84. The van der Waals surface area contributed by atoms with E-state index in [2.05, 4.69) is 9.97 Å². The van der Waals surface area contributed by atoms with Gasteiger partial charge in [-0.3, -0.25) is 0 Å². The van der Waals surface area contributed by atoms with E-state index in [1.54, 1.807) is 12.1 Å². The summed E-state index contributed by atoms with van der Waals surface area (Å²) >= 11 is 0. The van der Waals surface area contributed by atoms with Crippen LogP contribution in [0.25, 0.3) is 0 Å². The molecule has 1 aromatic heterocycles. The molecule has 0 aliphatic heterocycles. The molecule has 3 rings (SSSR count). The van der Waals surface area contributed by atoms with Crippen LogP contribution in [0.1, 0.15) is 44.2 Å². The first-order valence-corrected chi connectivity index (χ1v) is 8.61. The molecule has 2 aliphatic rings. The maximum atomic E-state index is 13.7. The van der Waals surface area contributed by atoms with Gasteiger partial charge in [0.15, 0.2) is 5.60 Å². The zero-order valence-electron chi connectivity index (χ0n) is 14.3. The van der Waals surface area contributed by atoms with E-state index in [4.69, 9.17) is 4.74 Å². The lowest BCUT2D eigenvalue weighted by Crippen LogP contribution is -2.52. The van der Waals surface area contributed by atoms with Gasteiger partial charge in [0, 0.05) is 30.9 Å². The molecule has 1 saturated carbocycles. The van der Waals surface area contributed by atoms with E-state index in [0.717, 1.165) is 12.8 Å². The van der Waals surface area contributed by atoms with Gasteiger partial charge >= 0.3 is 5.97 Å². The molecule has 144 valence electrons. The zero-order chi connectivity index (χ0) is 17.9. The quantitative estimate of drug-likeness (QED) is 0.617. The number of halogens is 3. The average molecular weight is 389 g/mol. The van der Waals surface area contributed by atoms with Gasteiger partial charge in [0.05, 0.1) is 5.69 Å². The summed E-state index contributed by atoms with van der Waals surface area (Å²) in [4.78, 5) is 20.5. The number of carbonyl (C=O) groups excluding carboxylic acids is 1. The number of carbonyl (C=O) groups is 1. The van der Waals surface area contributed by atoms with Gasteiger partial charge in [-0.2, -0.15) is 0 Å². The SMILES string of the molecule is Cl.O=C(OCc1ccncn1)[C@](O)(C1C=CCCC1)[C@@H]1CCC(F)(F)C1. The maximum Gasteiger partial charge on any atom is 0.339 e. The maximum absolute atomic E-state index is 13.7. The van der Waals surface area contributed by atoms with Crippen molar-refractivity contribution < 1.29 is 23.4 Å². The number of aromatic nitrogens is 2. The van der Waals surface area contributed by atoms with Gasteiger partial charge in [-0.1, -0.05) is 12.2 Å². The molecular weight excluding hydrogens is 366 g/mol. The highest BCUT2D eigenvalue weighted by molar-refractivity contribution is 5.85. The molecule has 5 nitrogen and oxygen atoms in total. The average Bonchev–Trinajstić information content (AvgIpc) is 3.01. The van der Waals surface area contributed by atoms with Gasteiger partial charge in [0.25, 0.3) is 0 Å². The molecule has 1 unspecified atom stereocenters. The number of allylic oxidation sites excluding steroid dienone is 1. The minimum Gasteiger partial charge on any atom is -0.457 e. The molecule has 1 aromatic rings. The number of rotatable bonds is 5. The standard InChI is InChI=1S/C18H22F2N2O3.ClH/c19-17(20)8-6-14(10-17)18(24,13-4-2-1-3-5-13)16(23)25-11-15-7-9-21-12-22-15;/h2,4,7,9,12-14,24H,1,3,5-6,8,10-11H2;1H/t13?,14-,18+;/m1./s1. The van der Waals surface area contributed by atoms with Gasteiger partial charge in [-0.05, 0) is 31.7 Å². The second kappa shape index (κ2) is 8.39. The minimum absolute atomic E-state index is 0. The smallest absolute Gasteiger partial charge is 0.339 e. The van der Waals surface area contributed by atoms with Crippen molar-refractivity contribution in [2.75, 3.05) is 0 Å². The lowest BCUT2D eigenvalue weighted by atomic mass is 9.72. The monoisotopic (exact) mass is 388 g/mol. The fourth-order valence-electron chi connectivity index (χ4n) is 3.78. The Bertz CT molecular complexity index is 645. The Hall–Kier alpha value is -1.60. The van der Waals surface area contributed by atoms with Crippen LogP contribution in [0.4, 0.5) is 8.78 Å². The summed E-state index contributed by atoms with van der Waals surface area (Å²) in [5.41, 5.74) is -1.44. The highest BCUT2D eigenvalue weighted by Gasteiger charge is 2.56. The molecule has 0 aromatic carbocycles. The topological polar surface area (TPSA) is 72.3 Å². The number of aliphatic hydroxyl groups is 1. The molecule has 0 bridgehead atoms. The Morgan fingerprint density at radius 3 is 2.81 bits per heavy atom. The molecule has 0 amide bonds. The highest BCUT2D eigenvalue weighted by Crippen LogP contribution is 2.48. The first-order valence-electron chi connectivity index (χ1n) is 8.61. The van der Waals surface area contributed by atoms with Gasteiger partial charge in [-0.15, -0.1) is 12.4 Å². The zero-order valence-corrected chi connectivity index (χ0v) is 15.1. The fourth-order valence-corrected chi connectivity index (χ4v) is 3.78. The third-order valence-electron chi connectivity index (χ3n) is 5.17. The fraction of sp³-hybridized carbons (Fsp3) is 0.611. The Kier molecular flexibility index (Phi) is 6.69. The van der Waals surface area contributed by atoms with Crippen molar-refractivity contribution in [1.82, 2.24) is 9.97 Å². The molecule has 1 fully saturated rings. The van der Waals surface area contributed by atoms with Crippen LogP contribution in [0.3, 0.4) is 0 Å². The van der Waals surface area contributed by atoms with Crippen LogP contribution < -0.4 is 0 Å². The lowest BCUT2D eigenvalue weighted by molar-refractivity contribution is -0.181. The molecule has 0 saturated heterocycles. The Morgan fingerprint density at radius 1 is 1.42 bits per heavy atom. The number of nitrogens with zero attached hydrogens (tertiary/aromatic N) is 2. The van der Waals surface area contributed by atoms with Crippen LogP contribution in [0.15, 0.2) is 30.7 Å². The van der Waals surface area contributed by atoms with Crippen molar-refractivity contribution in [3.8, 4) is 0 Å². The van der Waals surface area contributed by atoms with Crippen molar-refractivity contribution in [3.63, 3.8) is 0 Å². The van der Waals surface area contributed by atoms with Crippen LogP contribution in [-0.4, -0.2) is 32.6 Å². The second-order valence-electron chi connectivity index (χ2n) is 6.86. The van der Waals surface area contributed by atoms with Gasteiger partial charge in [0.1, 0.15) is 12.9 Å². The summed E-state index contributed by atoms with van der Waals surface area (Å²) in [5, 5.41) is 11.2. The summed E-state index contributed by atoms with van der Waals surface area (Å²) in [6.45, 7) is -0.122. The predicted molar refractivity (Wildman–Crippen MR) is 92.8 cm³/mol. The van der Waals surface area contributed by atoms with Crippen molar-refractivity contribution >= 4 is 18.4 Å². The van der Waals surface area contributed by atoms with Crippen molar-refractivity contribution in [3.05, 3.63) is 36.4 Å². The largest absolute Gasteiger partial charge is 0.457 e. The van der Waals surface area contributed by atoms with Crippen LogP contribution in [0.5, 0.6) is 0 Å². The van der Waals surface area contributed by atoms with E-state index < -0.39 is 35.7 Å². The first kappa shape index (κ1) is 20.7. The van der Waals surface area contributed by atoms with E-state index >= 15 is 0 Å². The molecular formula is C18H23ClF2N2O3. The summed E-state index contributed by atoms with van der Waals surface area (Å²) < 4.78 is 32.7. The lowest BCUT2D eigenvalue weighted by Gasteiger charge is -2.38. The Labute approximate surface area is 157 Å². The Balaban J connectivity index is 0.00000243. The molecule has 1 N–H and O–H groups in total. The van der Waals surface area contributed by atoms with Gasteiger partial charge < -0.3 is 9.84 Å². The van der Waals surface area contributed by atoms with Crippen LogP contribution in [-0.2, 0) is 16.1 Å². The Morgan fingerprint density at radius 2 is 2.23 bits per heavy atom.